The number of carbonyl (C=O) groups excluding carboxylic acids is 2. The van der Waals surface area contributed by atoms with E-state index in [9.17, 15) is 9.59 Å². The Hall–Kier alpha value is -2.96. The zero-order valence-electron chi connectivity index (χ0n) is 14.7. The lowest BCUT2D eigenvalue weighted by molar-refractivity contribution is -0.113. The second-order valence-corrected chi connectivity index (χ2v) is 7.33. The number of carbonyl (C=O) groups is 2. The molecule has 2 heterocycles. The van der Waals surface area contributed by atoms with Gasteiger partial charge in [0.1, 0.15) is 17.3 Å². The number of imide groups is 1. The summed E-state index contributed by atoms with van der Waals surface area (Å²) in [5, 5.41) is 0.255. The predicted molar refractivity (Wildman–Crippen MR) is 111 cm³/mol. The molecule has 28 heavy (non-hydrogen) atoms. The van der Waals surface area contributed by atoms with E-state index in [4.69, 9.17) is 20.8 Å². The minimum atomic E-state index is -0.413. The maximum atomic E-state index is 12.8. The Morgan fingerprint density at radius 1 is 1.04 bits per heavy atom. The van der Waals surface area contributed by atoms with Gasteiger partial charge in [-0.15, -0.1) is 0 Å². The second kappa shape index (κ2) is 7.58. The van der Waals surface area contributed by atoms with Crippen molar-refractivity contribution in [2.45, 2.75) is 0 Å². The summed E-state index contributed by atoms with van der Waals surface area (Å²) in [6.45, 7) is 0. The van der Waals surface area contributed by atoms with Crippen LogP contribution in [0.3, 0.4) is 0 Å². The first-order chi connectivity index (χ1) is 13.6. The van der Waals surface area contributed by atoms with Crippen LogP contribution in [0.5, 0.6) is 5.75 Å². The van der Waals surface area contributed by atoms with Crippen molar-refractivity contribution >= 4 is 46.3 Å². The Morgan fingerprint density at radius 2 is 1.79 bits per heavy atom. The highest BCUT2D eigenvalue weighted by Gasteiger charge is 2.37. The Labute approximate surface area is 170 Å². The monoisotopic (exact) mass is 411 g/mol. The Balaban J connectivity index is 1.62. The lowest BCUT2D eigenvalue weighted by Crippen LogP contribution is -2.28. The summed E-state index contributed by atoms with van der Waals surface area (Å²) in [7, 11) is 1.49. The SMILES string of the molecule is COc1ccccc1N1C(=O)S/C(=C\c2ccc(-c3ccc(Cl)cc3)o2)C1=O. The number of para-hydroxylation sites is 2. The molecule has 0 radical (unpaired) electrons. The fourth-order valence-corrected chi connectivity index (χ4v) is 3.76. The summed E-state index contributed by atoms with van der Waals surface area (Å²) in [6, 6.07) is 17.7. The number of furan rings is 1. The fraction of sp³-hybridized carbons (Fsp3) is 0.0476. The first-order valence-electron chi connectivity index (χ1n) is 8.33. The molecule has 0 bridgehead atoms. The zero-order chi connectivity index (χ0) is 19.7. The van der Waals surface area contributed by atoms with E-state index in [1.54, 1.807) is 54.6 Å². The highest BCUT2D eigenvalue weighted by atomic mass is 35.5. The molecule has 140 valence electrons. The van der Waals surface area contributed by atoms with Gasteiger partial charge in [0.15, 0.2) is 0 Å². The van der Waals surface area contributed by atoms with Crippen molar-refractivity contribution in [3.63, 3.8) is 0 Å². The molecule has 0 unspecified atom stereocenters. The summed E-state index contributed by atoms with van der Waals surface area (Å²) >= 11 is 6.77. The van der Waals surface area contributed by atoms with Gasteiger partial charge in [0.25, 0.3) is 11.1 Å². The normalized spacial score (nSPS) is 15.5. The van der Waals surface area contributed by atoms with Gasteiger partial charge >= 0.3 is 0 Å². The molecule has 1 saturated heterocycles. The summed E-state index contributed by atoms with van der Waals surface area (Å²) in [4.78, 5) is 26.6. The fourth-order valence-electron chi connectivity index (χ4n) is 2.82. The zero-order valence-corrected chi connectivity index (χ0v) is 16.3. The van der Waals surface area contributed by atoms with E-state index < -0.39 is 5.91 Å². The molecule has 0 aliphatic carbocycles. The van der Waals surface area contributed by atoms with Crippen molar-refractivity contribution < 1.29 is 18.7 Å². The van der Waals surface area contributed by atoms with E-state index in [1.165, 1.54) is 7.11 Å². The lowest BCUT2D eigenvalue weighted by Gasteiger charge is -2.15. The molecular formula is C21H14ClNO4S. The summed E-state index contributed by atoms with van der Waals surface area (Å²) in [6.07, 6.45) is 1.57. The molecule has 2 aromatic carbocycles. The van der Waals surface area contributed by atoms with Crippen LogP contribution in [-0.2, 0) is 4.79 Å². The molecule has 3 aromatic rings. The maximum absolute atomic E-state index is 12.8. The van der Waals surface area contributed by atoms with Gasteiger partial charge < -0.3 is 9.15 Å². The number of rotatable bonds is 4. The molecule has 0 N–H and O–H groups in total. The van der Waals surface area contributed by atoms with Crippen LogP contribution in [0.4, 0.5) is 10.5 Å². The molecule has 0 atom stereocenters. The van der Waals surface area contributed by atoms with Crippen LogP contribution in [0.1, 0.15) is 5.76 Å². The van der Waals surface area contributed by atoms with Crippen LogP contribution < -0.4 is 9.64 Å². The van der Waals surface area contributed by atoms with E-state index >= 15 is 0 Å². The van der Waals surface area contributed by atoms with Crippen LogP contribution in [0.2, 0.25) is 5.02 Å². The van der Waals surface area contributed by atoms with Gasteiger partial charge in [-0.3, -0.25) is 9.59 Å². The van der Waals surface area contributed by atoms with Crippen LogP contribution in [0.25, 0.3) is 17.4 Å². The number of thioether (sulfide) groups is 1. The van der Waals surface area contributed by atoms with Gasteiger partial charge in [-0.05, 0) is 60.3 Å². The van der Waals surface area contributed by atoms with E-state index in [2.05, 4.69) is 0 Å². The molecule has 4 rings (SSSR count). The Bertz CT molecular complexity index is 1090. The van der Waals surface area contributed by atoms with E-state index in [1.807, 2.05) is 12.1 Å². The molecule has 0 saturated carbocycles. The summed E-state index contributed by atoms with van der Waals surface area (Å²) < 4.78 is 11.1. The third kappa shape index (κ3) is 3.44. The van der Waals surface area contributed by atoms with Crippen LogP contribution in [0, 0.1) is 0 Å². The molecule has 0 spiro atoms. The summed E-state index contributed by atoms with van der Waals surface area (Å²) in [5.41, 5.74) is 1.28. The van der Waals surface area contributed by atoms with Crippen molar-refractivity contribution in [1.29, 1.82) is 0 Å². The van der Waals surface area contributed by atoms with Gasteiger partial charge in [-0.25, -0.2) is 4.90 Å². The van der Waals surface area contributed by atoms with Crippen molar-refractivity contribution in [1.82, 2.24) is 0 Å². The Kier molecular flexibility index (Phi) is 4.98. The number of halogens is 1. The smallest absolute Gasteiger partial charge is 0.298 e. The number of ether oxygens (including phenoxy) is 1. The quantitative estimate of drug-likeness (QED) is 0.504. The molecule has 1 aromatic heterocycles. The van der Waals surface area contributed by atoms with Gasteiger partial charge in [0.05, 0.1) is 17.7 Å². The number of hydrogen-bond acceptors (Lipinski definition) is 5. The van der Waals surface area contributed by atoms with Crippen LogP contribution in [0.15, 0.2) is 70.0 Å². The van der Waals surface area contributed by atoms with E-state index in [-0.39, 0.29) is 10.1 Å². The van der Waals surface area contributed by atoms with Crippen molar-refractivity contribution in [2.75, 3.05) is 12.0 Å². The average Bonchev–Trinajstić information content (AvgIpc) is 3.27. The van der Waals surface area contributed by atoms with Crippen molar-refractivity contribution in [3.05, 3.63) is 76.4 Å². The third-order valence-electron chi connectivity index (χ3n) is 4.15. The molecule has 1 fully saturated rings. The number of nitrogens with zero attached hydrogens (tertiary/aromatic N) is 1. The molecule has 7 heteroatoms. The first-order valence-corrected chi connectivity index (χ1v) is 9.53. The average molecular weight is 412 g/mol. The van der Waals surface area contributed by atoms with Crippen molar-refractivity contribution in [2.24, 2.45) is 0 Å². The summed E-state index contributed by atoms with van der Waals surface area (Å²) in [5.74, 6) is 1.17. The van der Waals surface area contributed by atoms with Crippen molar-refractivity contribution in [3.8, 4) is 17.1 Å². The molecular weight excluding hydrogens is 398 g/mol. The predicted octanol–water partition coefficient (Wildman–Crippen LogP) is 5.85. The minimum Gasteiger partial charge on any atom is -0.495 e. The molecule has 5 nitrogen and oxygen atoms in total. The van der Waals surface area contributed by atoms with Gasteiger partial charge in [0, 0.05) is 16.7 Å². The van der Waals surface area contributed by atoms with E-state index in [0.717, 1.165) is 22.2 Å². The van der Waals surface area contributed by atoms with Crippen LogP contribution in [-0.4, -0.2) is 18.3 Å². The third-order valence-corrected chi connectivity index (χ3v) is 5.27. The first kappa shape index (κ1) is 18.4. The standard InChI is InChI=1S/C21H14ClNO4S/c1-26-18-5-3-2-4-16(18)23-20(24)19(28-21(23)25)12-15-10-11-17(27-15)13-6-8-14(22)9-7-13/h2-12H,1H3/b19-12-. The van der Waals surface area contributed by atoms with Crippen LogP contribution >= 0.6 is 23.4 Å². The van der Waals surface area contributed by atoms with Gasteiger partial charge in [-0.1, -0.05) is 23.7 Å². The lowest BCUT2D eigenvalue weighted by atomic mass is 10.2. The number of anilines is 1. The minimum absolute atomic E-state index is 0.285. The molecule has 1 aliphatic rings. The van der Waals surface area contributed by atoms with E-state index in [0.29, 0.717) is 28.0 Å². The maximum Gasteiger partial charge on any atom is 0.298 e. The van der Waals surface area contributed by atoms with Gasteiger partial charge in [-0.2, -0.15) is 0 Å². The molecule has 2 amide bonds. The number of hydrogen-bond donors (Lipinski definition) is 0. The second-order valence-electron chi connectivity index (χ2n) is 5.90. The Morgan fingerprint density at radius 3 is 2.54 bits per heavy atom. The number of benzene rings is 2. The largest absolute Gasteiger partial charge is 0.495 e. The van der Waals surface area contributed by atoms with Gasteiger partial charge in [0.2, 0.25) is 0 Å². The highest BCUT2D eigenvalue weighted by Crippen LogP contribution is 2.39. The number of amides is 2. The highest BCUT2D eigenvalue weighted by molar-refractivity contribution is 8.19. The topological polar surface area (TPSA) is 59.8 Å². The number of methoxy groups -OCH3 is 1. The molecule has 1 aliphatic heterocycles.